The minimum Gasteiger partial charge on any atom is -0.340 e. The van der Waals surface area contributed by atoms with E-state index in [9.17, 15) is 4.79 Å². The molecule has 1 rings (SSSR count). The lowest BCUT2D eigenvalue weighted by molar-refractivity contribution is 0.0797. The SMILES string of the molecule is CNCCN(C)C(=O)c1ccc(C)c(I)c1. The molecule has 1 N–H and O–H groups in total. The Morgan fingerprint density at radius 2 is 2.19 bits per heavy atom. The minimum atomic E-state index is 0.0770. The minimum absolute atomic E-state index is 0.0770. The van der Waals surface area contributed by atoms with Crippen molar-refractivity contribution in [3.8, 4) is 0 Å². The van der Waals surface area contributed by atoms with Crippen molar-refractivity contribution >= 4 is 28.5 Å². The molecule has 1 aromatic rings. The van der Waals surface area contributed by atoms with Crippen LogP contribution in [0.15, 0.2) is 18.2 Å². The molecule has 0 aromatic heterocycles. The van der Waals surface area contributed by atoms with Crippen molar-refractivity contribution in [1.29, 1.82) is 0 Å². The van der Waals surface area contributed by atoms with Gasteiger partial charge in [-0.1, -0.05) is 6.07 Å². The second-order valence-electron chi connectivity index (χ2n) is 3.79. The van der Waals surface area contributed by atoms with Gasteiger partial charge in [0, 0.05) is 29.3 Å². The zero-order valence-electron chi connectivity index (χ0n) is 9.88. The first kappa shape index (κ1) is 13.4. The third-order valence-electron chi connectivity index (χ3n) is 2.46. The maximum atomic E-state index is 12.0. The van der Waals surface area contributed by atoms with Crippen molar-refractivity contribution in [2.75, 3.05) is 27.2 Å². The Hall–Kier alpha value is -0.620. The first-order valence-electron chi connectivity index (χ1n) is 5.22. The Bertz CT molecular complexity index is 379. The van der Waals surface area contributed by atoms with Gasteiger partial charge >= 0.3 is 0 Å². The molecule has 0 bridgehead atoms. The van der Waals surface area contributed by atoms with Gasteiger partial charge < -0.3 is 10.2 Å². The van der Waals surface area contributed by atoms with Crippen LogP contribution in [0.3, 0.4) is 0 Å². The van der Waals surface area contributed by atoms with Gasteiger partial charge in [-0.15, -0.1) is 0 Å². The standard InChI is InChI=1S/C12H17IN2O/c1-9-4-5-10(8-11(9)13)12(16)15(3)7-6-14-2/h4-5,8,14H,6-7H2,1-3H3. The van der Waals surface area contributed by atoms with Crippen LogP contribution in [0.1, 0.15) is 15.9 Å². The van der Waals surface area contributed by atoms with Crippen molar-refractivity contribution in [3.05, 3.63) is 32.9 Å². The van der Waals surface area contributed by atoms with Gasteiger partial charge in [0.1, 0.15) is 0 Å². The van der Waals surface area contributed by atoms with E-state index in [1.54, 1.807) is 4.90 Å². The highest BCUT2D eigenvalue weighted by Gasteiger charge is 2.11. The summed E-state index contributed by atoms with van der Waals surface area (Å²) in [5, 5.41) is 3.03. The number of rotatable bonds is 4. The second kappa shape index (κ2) is 6.20. The van der Waals surface area contributed by atoms with Gasteiger partial charge in [0.05, 0.1) is 0 Å². The highest BCUT2D eigenvalue weighted by Crippen LogP contribution is 2.14. The number of carbonyl (C=O) groups is 1. The van der Waals surface area contributed by atoms with E-state index < -0.39 is 0 Å². The van der Waals surface area contributed by atoms with Crippen molar-refractivity contribution in [3.63, 3.8) is 0 Å². The lowest BCUT2D eigenvalue weighted by Gasteiger charge is -2.17. The highest BCUT2D eigenvalue weighted by molar-refractivity contribution is 14.1. The van der Waals surface area contributed by atoms with E-state index >= 15 is 0 Å². The van der Waals surface area contributed by atoms with Crippen LogP contribution in [0.5, 0.6) is 0 Å². The van der Waals surface area contributed by atoms with E-state index in [1.807, 2.05) is 39.2 Å². The van der Waals surface area contributed by atoms with Crippen LogP contribution in [0.2, 0.25) is 0 Å². The van der Waals surface area contributed by atoms with Crippen LogP contribution < -0.4 is 5.32 Å². The summed E-state index contributed by atoms with van der Waals surface area (Å²) in [6.07, 6.45) is 0. The number of hydrogen-bond acceptors (Lipinski definition) is 2. The van der Waals surface area contributed by atoms with Crippen LogP contribution in [0.4, 0.5) is 0 Å². The first-order valence-corrected chi connectivity index (χ1v) is 6.30. The molecule has 0 atom stereocenters. The van der Waals surface area contributed by atoms with Crippen LogP contribution in [-0.2, 0) is 0 Å². The number of amides is 1. The van der Waals surface area contributed by atoms with Crippen molar-refractivity contribution < 1.29 is 4.79 Å². The van der Waals surface area contributed by atoms with Gasteiger partial charge in [-0.2, -0.15) is 0 Å². The van der Waals surface area contributed by atoms with Gasteiger partial charge in [0.15, 0.2) is 0 Å². The summed E-state index contributed by atoms with van der Waals surface area (Å²) in [4.78, 5) is 13.7. The molecule has 0 spiro atoms. The predicted octanol–water partition coefficient (Wildman–Crippen LogP) is 1.89. The molecule has 0 saturated carbocycles. The van der Waals surface area contributed by atoms with E-state index in [-0.39, 0.29) is 5.91 Å². The molecule has 0 radical (unpaired) electrons. The lowest BCUT2D eigenvalue weighted by atomic mass is 10.1. The summed E-state index contributed by atoms with van der Waals surface area (Å²) in [6, 6.07) is 5.81. The smallest absolute Gasteiger partial charge is 0.253 e. The molecule has 88 valence electrons. The molecule has 0 saturated heterocycles. The van der Waals surface area contributed by atoms with Crippen molar-refractivity contribution in [2.24, 2.45) is 0 Å². The number of aryl methyl sites for hydroxylation is 1. The molecule has 16 heavy (non-hydrogen) atoms. The second-order valence-corrected chi connectivity index (χ2v) is 4.96. The summed E-state index contributed by atoms with van der Waals surface area (Å²) in [5.41, 5.74) is 1.96. The number of nitrogens with zero attached hydrogens (tertiary/aromatic N) is 1. The predicted molar refractivity (Wildman–Crippen MR) is 74.8 cm³/mol. The Kier molecular flexibility index (Phi) is 5.21. The Morgan fingerprint density at radius 1 is 1.50 bits per heavy atom. The first-order chi connectivity index (χ1) is 7.56. The third kappa shape index (κ3) is 3.45. The van der Waals surface area contributed by atoms with E-state index in [1.165, 1.54) is 5.56 Å². The number of nitrogens with one attached hydrogen (secondary N) is 1. The topological polar surface area (TPSA) is 32.3 Å². The molecule has 0 heterocycles. The van der Waals surface area contributed by atoms with Crippen LogP contribution >= 0.6 is 22.6 Å². The van der Waals surface area contributed by atoms with Gasteiger partial charge in [0.2, 0.25) is 0 Å². The zero-order chi connectivity index (χ0) is 12.1. The number of likely N-dealkylation sites (N-methyl/N-ethyl adjacent to an activating group) is 2. The monoisotopic (exact) mass is 332 g/mol. The normalized spacial score (nSPS) is 10.2. The molecule has 0 aliphatic rings. The number of hydrogen-bond donors (Lipinski definition) is 1. The van der Waals surface area contributed by atoms with Gasteiger partial charge in [0.25, 0.3) is 5.91 Å². The van der Waals surface area contributed by atoms with E-state index in [0.29, 0.717) is 0 Å². The third-order valence-corrected chi connectivity index (χ3v) is 3.62. The Labute approximate surface area is 110 Å². The molecular weight excluding hydrogens is 315 g/mol. The maximum Gasteiger partial charge on any atom is 0.253 e. The Balaban J connectivity index is 2.76. The molecule has 3 nitrogen and oxygen atoms in total. The van der Waals surface area contributed by atoms with E-state index in [2.05, 4.69) is 27.9 Å². The average Bonchev–Trinajstić information content (AvgIpc) is 2.28. The fraction of sp³-hybridized carbons (Fsp3) is 0.417. The van der Waals surface area contributed by atoms with E-state index in [4.69, 9.17) is 0 Å². The molecule has 0 unspecified atom stereocenters. The molecule has 1 aromatic carbocycles. The molecule has 4 heteroatoms. The summed E-state index contributed by atoms with van der Waals surface area (Å²) in [7, 11) is 3.71. The van der Waals surface area contributed by atoms with Crippen LogP contribution in [-0.4, -0.2) is 38.0 Å². The molecular formula is C12H17IN2O. The summed E-state index contributed by atoms with van der Waals surface area (Å²) >= 11 is 2.25. The van der Waals surface area contributed by atoms with Gasteiger partial charge in [-0.05, 0) is 54.3 Å². The highest BCUT2D eigenvalue weighted by atomic mass is 127. The number of carbonyl (C=O) groups excluding carboxylic acids is 1. The fourth-order valence-electron chi connectivity index (χ4n) is 1.33. The van der Waals surface area contributed by atoms with Crippen molar-refractivity contribution in [1.82, 2.24) is 10.2 Å². The average molecular weight is 332 g/mol. The largest absolute Gasteiger partial charge is 0.340 e. The quantitative estimate of drug-likeness (QED) is 0.854. The number of halogens is 1. The Morgan fingerprint density at radius 3 is 2.75 bits per heavy atom. The fourth-order valence-corrected chi connectivity index (χ4v) is 1.84. The van der Waals surface area contributed by atoms with Crippen molar-refractivity contribution in [2.45, 2.75) is 6.92 Å². The molecule has 0 aliphatic heterocycles. The molecule has 1 amide bonds. The summed E-state index contributed by atoms with van der Waals surface area (Å²) in [5.74, 6) is 0.0770. The van der Waals surface area contributed by atoms with Crippen LogP contribution in [0.25, 0.3) is 0 Å². The van der Waals surface area contributed by atoms with Crippen LogP contribution in [0, 0.1) is 10.5 Å². The lowest BCUT2D eigenvalue weighted by Crippen LogP contribution is -2.32. The maximum absolute atomic E-state index is 12.0. The number of benzene rings is 1. The molecule has 0 aliphatic carbocycles. The van der Waals surface area contributed by atoms with Gasteiger partial charge in [-0.25, -0.2) is 0 Å². The summed E-state index contributed by atoms with van der Waals surface area (Å²) < 4.78 is 1.13. The molecule has 0 fully saturated rings. The van der Waals surface area contributed by atoms with E-state index in [0.717, 1.165) is 22.2 Å². The van der Waals surface area contributed by atoms with Gasteiger partial charge in [-0.3, -0.25) is 4.79 Å². The zero-order valence-corrected chi connectivity index (χ0v) is 12.0. The summed E-state index contributed by atoms with van der Waals surface area (Å²) in [6.45, 7) is 3.58.